The molecule has 0 unspecified atom stereocenters. The number of amides is 1. The quantitative estimate of drug-likeness (QED) is 0.804. The van der Waals surface area contributed by atoms with Crippen molar-refractivity contribution in [1.29, 1.82) is 0 Å². The molecule has 2 aromatic rings. The Labute approximate surface area is 123 Å². The highest BCUT2D eigenvalue weighted by Gasteiger charge is 2.36. The van der Waals surface area contributed by atoms with Crippen molar-refractivity contribution in [1.82, 2.24) is 9.97 Å². The van der Waals surface area contributed by atoms with Gasteiger partial charge in [-0.05, 0) is 31.4 Å². The van der Waals surface area contributed by atoms with Crippen molar-refractivity contribution in [2.45, 2.75) is 19.3 Å². The fourth-order valence-electron chi connectivity index (χ4n) is 2.86. The van der Waals surface area contributed by atoms with Crippen LogP contribution in [0.4, 0.5) is 11.6 Å². The molecule has 0 bridgehead atoms. The van der Waals surface area contributed by atoms with Gasteiger partial charge >= 0.3 is 0 Å². The molecule has 1 fully saturated rings. The molecule has 0 saturated heterocycles. The van der Waals surface area contributed by atoms with Crippen molar-refractivity contribution in [3.05, 3.63) is 24.3 Å². The second-order valence-electron chi connectivity index (χ2n) is 5.90. The molecule has 0 radical (unpaired) electrons. The van der Waals surface area contributed by atoms with Gasteiger partial charge in [0.1, 0.15) is 0 Å². The Hall–Kier alpha value is -2.17. The molecule has 1 aliphatic heterocycles. The number of carbonyl (C=O) groups excluding carboxylic acids is 1. The summed E-state index contributed by atoms with van der Waals surface area (Å²) in [6, 6.07) is 7.84. The van der Waals surface area contributed by atoms with Crippen LogP contribution < -0.4 is 9.80 Å². The van der Waals surface area contributed by atoms with Gasteiger partial charge in [0.2, 0.25) is 5.91 Å². The van der Waals surface area contributed by atoms with Crippen LogP contribution in [0.2, 0.25) is 0 Å². The normalized spacial score (nSPS) is 18.5. The van der Waals surface area contributed by atoms with Gasteiger partial charge in [0.15, 0.2) is 11.6 Å². The van der Waals surface area contributed by atoms with Gasteiger partial charge in [0.05, 0.1) is 11.0 Å². The molecule has 5 heteroatoms. The Morgan fingerprint density at radius 2 is 1.76 bits per heavy atom. The van der Waals surface area contributed by atoms with E-state index >= 15 is 0 Å². The van der Waals surface area contributed by atoms with Gasteiger partial charge in [0.25, 0.3) is 0 Å². The van der Waals surface area contributed by atoms with Gasteiger partial charge in [0, 0.05) is 26.1 Å². The largest absolute Gasteiger partial charge is 0.357 e. The van der Waals surface area contributed by atoms with Gasteiger partial charge in [-0.25, -0.2) is 9.97 Å². The number of benzene rings is 1. The van der Waals surface area contributed by atoms with Crippen molar-refractivity contribution >= 4 is 28.6 Å². The Morgan fingerprint density at radius 1 is 1.10 bits per heavy atom. The minimum Gasteiger partial charge on any atom is -0.357 e. The second-order valence-corrected chi connectivity index (χ2v) is 5.90. The zero-order chi connectivity index (χ0) is 14.4. The summed E-state index contributed by atoms with van der Waals surface area (Å²) in [7, 11) is 2.02. The van der Waals surface area contributed by atoms with E-state index in [0.717, 1.165) is 55.0 Å². The van der Waals surface area contributed by atoms with Crippen LogP contribution in [0.5, 0.6) is 0 Å². The maximum absolute atomic E-state index is 12.6. The summed E-state index contributed by atoms with van der Waals surface area (Å²) in [5.74, 6) is 1.97. The summed E-state index contributed by atoms with van der Waals surface area (Å²) in [6.45, 7) is 1.63. The predicted octanol–water partition coefficient (Wildman–Crippen LogP) is 2.21. The number of fused-ring (bicyclic) bond motifs is 2. The van der Waals surface area contributed by atoms with E-state index in [1.165, 1.54) is 0 Å². The third-order valence-electron chi connectivity index (χ3n) is 4.22. The lowest BCUT2D eigenvalue weighted by Gasteiger charge is -2.22. The number of aromatic nitrogens is 2. The molecule has 1 aliphatic carbocycles. The summed E-state index contributed by atoms with van der Waals surface area (Å²) in [5.41, 5.74) is 1.73. The molecule has 4 rings (SSSR count). The van der Waals surface area contributed by atoms with E-state index in [0.29, 0.717) is 0 Å². The van der Waals surface area contributed by atoms with Gasteiger partial charge in [-0.15, -0.1) is 0 Å². The fraction of sp³-hybridized carbons (Fsp3) is 0.438. The van der Waals surface area contributed by atoms with Gasteiger partial charge in [-0.3, -0.25) is 9.69 Å². The molecule has 2 aliphatic rings. The first-order valence-corrected chi connectivity index (χ1v) is 7.53. The predicted molar refractivity (Wildman–Crippen MR) is 82.5 cm³/mol. The van der Waals surface area contributed by atoms with Crippen molar-refractivity contribution in [2.75, 3.05) is 29.9 Å². The third kappa shape index (κ3) is 2.13. The highest BCUT2D eigenvalue weighted by Crippen LogP contribution is 2.36. The number of nitrogens with zero attached hydrogens (tertiary/aromatic N) is 4. The topological polar surface area (TPSA) is 49.3 Å². The molecule has 0 spiro atoms. The smallest absolute Gasteiger partial charge is 0.231 e. The molecule has 108 valence electrons. The Balaban J connectivity index is 1.88. The molecule has 5 nitrogen and oxygen atoms in total. The monoisotopic (exact) mass is 282 g/mol. The molecule has 21 heavy (non-hydrogen) atoms. The standard InChI is InChI=1S/C16H18N4O/c1-19-9-4-10-20(16(21)11-7-8-11)15-14(19)17-12-5-2-3-6-13(12)18-15/h2-3,5-6,11H,4,7-10H2,1H3. The van der Waals surface area contributed by atoms with Crippen LogP contribution in [0, 0.1) is 5.92 Å². The number of para-hydroxylation sites is 2. The first-order valence-electron chi connectivity index (χ1n) is 7.53. The summed E-state index contributed by atoms with van der Waals surface area (Å²) in [6.07, 6.45) is 2.98. The highest BCUT2D eigenvalue weighted by molar-refractivity contribution is 5.99. The number of hydrogen-bond acceptors (Lipinski definition) is 4. The molecule has 1 aromatic heterocycles. The molecule has 2 heterocycles. The number of hydrogen-bond donors (Lipinski definition) is 0. The van der Waals surface area contributed by atoms with Gasteiger partial charge in [-0.1, -0.05) is 12.1 Å². The molecular weight excluding hydrogens is 264 g/mol. The third-order valence-corrected chi connectivity index (χ3v) is 4.22. The van der Waals surface area contributed by atoms with Crippen molar-refractivity contribution < 1.29 is 4.79 Å². The van der Waals surface area contributed by atoms with Crippen LogP contribution in [0.1, 0.15) is 19.3 Å². The van der Waals surface area contributed by atoms with Crippen LogP contribution in [-0.4, -0.2) is 36.0 Å². The minimum atomic E-state index is 0.203. The fourth-order valence-corrected chi connectivity index (χ4v) is 2.86. The van der Waals surface area contributed by atoms with Crippen LogP contribution in [0.15, 0.2) is 24.3 Å². The first-order chi connectivity index (χ1) is 10.2. The minimum absolute atomic E-state index is 0.203. The molecule has 1 saturated carbocycles. The second kappa shape index (κ2) is 4.69. The lowest BCUT2D eigenvalue weighted by Crippen LogP contribution is -2.33. The van der Waals surface area contributed by atoms with E-state index in [9.17, 15) is 4.79 Å². The lowest BCUT2D eigenvalue weighted by atomic mass is 10.3. The van der Waals surface area contributed by atoms with Crippen LogP contribution >= 0.6 is 0 Å². The average molecular weight is 282 g/mol. The SMILES string of the molecule is CN1CCCN(C(=O)C2CC2)c2nc3ccccc3nc21. The molecule has 0 atom stereocenters. The zero-order valence-electron chi connectivity index (χ0n) is 12.1. The number of carbonyl (C=O) groups is 1. The van der Waals surface area contributed by atoms with E-state index < -0.39 is 0 Å². The van der Waals surface area contributed by atoms with E-state index in [1.807, 2.05) is 36.2 Å². The van der Waals surface area contributed by atoms with Crippen LogP contribution in [0.25, 0.3) is 11.0 Å². The Bertz CT molecular complexity index is 710. The maximum Gasteiger partial charge on any atom is 0.231 e. The first kappa shape index (κ1) is 12.6. The highest BCUT2D eigenvalue weighted by atomic mass is 16.2. The van der Waals surface area contributed by atoms with E-state index in [1.54, 1.807) is 0 Å². The summed E-state index contributed by atoms with van der Waals surface area (Å²) >= 11 is 0. The van der Waals surface area contributed by atoms with Crippen molar-refractivity contribution in [2.24, 2.45) is 5.92 Å². The van der Waals surface area contributed by atoms with E-state index in [-0.39, 0.29) is 11.8 Å². The number of anilines is 2. The molecule has 0 N–H and O–H groups in total. The van der Waals surface area contributed by atoms with E-state index in [2.05, 4.69) is 4.90 Å². The zero-order valence-corrected chi connectivity index (χ0v) is 12.1. The van der Waals surface area contributed by atoms with Gasteiger partial charge in [-0.2, -0.15) is 0 Å². The molecule has 1 aromatic carbocycles. The number of rotatable bonds is 1. The molecule has 1 amide bonds. The average Bonchev–Trinajstić information content (AvgIpc) is 3.34. The van der Waals surface area contributed by atoms with E-state index in [4.69, 9.17) is 9.97 Å². The Morgan fingerprint density at radius 3 is 2.43 bits per heavy atom. The molecular formula is C16H18N4O. The van der Waals surface area contributed by atoms with Crippen LogP contribution in [-0.2, 0) is 4.79 Å². The summed E-state index contributed by atoms with van der Waals surface area (Å²) in [5, 5.41) is 0. The van der Waals surface area contributed by atoms with Gasteiger partial charge < -0.3 is 4.90 Å². The van der Waals surface area contributed by atoms with Crippen molar-refractivity contribution in [3.63, 3.8) is 0 Å². The van der Waals surface area contributed by atoms with Crippen LogP contribution in [0.3, 0.4) is 0 Å². The van der Waals surface area contributed by atoms with Crippen molar-refractivity contribution in [3.8, 4) is 0 Å². The summed E-state index contributed by atoms with van der Waals surface area (Å²) < 4.78 is 0. The maximum atomic E-state index is 12.6. The lowest BCUT2D eigenvalue weighted by molar-refractivity contribution is -0.119. The Kier molecular flexibility index (Phi) is 2.80. The summed E-state index contributed by atoms with van der Waals surface area (Å²) in [4.78, 5) is 26.0.